The molecule has 1 fully saturated rings. The first kappa shape index (κ1) is 20.5. The van der Waals surface area contributed by atoms with Crippen LogP contribution in [0.2, 0.25) is 0 Å². The third-order valence-corrected chi connectivity index (χ3v) is 6.08. The molecule has 0 bridgehead atoms. The van der Waals surface area contributed by atoms with Crippen molar-refractivity contribution in [2.75, 3.05) is 6.54 Å². The minimum atomic E-state index is -0.375. The molecule has 0 aliphatic heterocycles. The largest absolute Gasteiger partial charge is 0.330 e. The molecule has 0 saturated heterocycles. The van der Waals surface area contributed by atoms with Crippen LogP contribution in [0, 0.1) is 28.5 Å². The van der Waals surface area contributed by atoms with Gasteiger partial charge in [0.2, 0.25) is 0 Å². The average Bonchev–Trinajstić information content (AvgIpc) is 3.11. The summed E-state index contributed by atoms with van der Waals surface area (Å²) in [4.78, 5) is 8.51. The van der Waals surface area contributed by atoms with E-state index in [2.05, 4.69) is 27.5 Å². The summed E-state index contributed by atoms with van der Waals surface area (Å²) in [6.45, 7) is 3.98. The Morgan fingerprint density at radius 2 is 2.20 bits per heavy atom. The van der Waals surface area contributed by atoms with Crippen LogP contribution in [0.15, 0.2) is 42.9 Å². The molecule has 1 N–H and O–H groups in total. The second-order valence-corrected chi connectivity index (χ2v) is 8.78. The highest BCUT2D eigenvalue weighted by Crippen LogP contribution is 2.41. The number of benzene rings is 1. The van der Waals surface area contributed by atoms with E-state index in [9.17, 15) is 14.9 Å². The first-order chi connectivity index (χ1) is 14.4. The Balaban J connectivity index is 1.41. The molecular weight excluding hydrogens is 381 g/mol. The zero-order valence-electron chi connectivity index (χ0n) is 17.1. The quantitative estimate of drug-likeness (QED) is 0.608. The van der Waals surface area contributed by atoms with E-state index in [1.807, 2.05) is 18.5 Å². The maximum absolute atomic E-state index is 13.0. The fraction of sp³-hybridized carbons (Fsp3) is 0.435. The Morgan fingerprint density at radius 3 is 2.97 bits per heavy atom. The van der Waals surface area contributed by atoms with Crippen LogP contribution in [0.4, 0.5) is 4.39 Å². The normalized spacial score (nSPS) is 21.8. The van der Waals surface area contributed by atoms with Gasteiger partial charge in [-0.3, -0.25) is 4.98 Å². The molecule has 3 aromatic rings. The Morgan fingerprint density at radius 1 is 1.33 bits per heavy atom. The highest BCUT2D eigenvalue weighted by atomic mass is 19.1. The van der Waals surface area contributed by atoms with Crippen molar-refractivity contribution in [3.05, 3.63) is 59.9 Å². The predicted molar refractivity (Wildman–Crippen MR) is 111 cm³/mol. The highest BCUT2D eigenvalue weighted by molar-refractivity contribution is 5.76. The van der Waals surface area contributed by atoms with Crippen molar-refractivity contribution in [1.29, 1.82) is 5.26 Å². The van der Waals surface area contributed by atoms with Gasteiger partial charge in [0.15, 0.2) is 0 Å². The van der Waals surface area contributed by atoms with Gasteiger partial charge in [-0.2, -0.15) is 10.3 Å². The molecule has 1 saturated carbocycles. The molecule has 1 aliphatic rings. The van der Waals surface area contributed by atoms with E-state index < -0.39 is 0 Å². The lowest BCUT2D eigenvalue weighted by atomic mass is 9.70. The number of imidazole rings is 1. The molecule has 1 aromatic carbocycles. The van der Waals surface area contributed by atoms with Crippen molar-refractivity contribution in [2.24, 2.45) is 11.3 Å². The zero-order valence-corrected chi connectivity index (χ0v) is 17.1. The van der Waals surface area contributed by atoms with Crippen molar-refractivity contribution in [1.82, 2.24) is 19.6 Å². The molecule has 0 radical (unpaired) electrons. The maximum Gasteiger partial charge on any atom is 0.141 e. The summed E-state index contributed by atoms with van der Waals surface area (Å²) in [5.41, 5.74) is 3.27. The average molecular weight is 407 g/mol. The Bertz CT molecular complexity index is 1060. The smallest absolute Gasteiger partial charge is 0.141 e. The van der Waals surface area contributed by atoms with Crippen LogP contribution < -0.4 is 0 Å². The van der Waals surface area contributed by atoms with Gasteiger partial charge in [-0.1, -0.05) is 13.3 Å². The number of hydrogen-bond donors (Lipinski definition) is 1. The van der Waals surface area contributed by atoms with E-state index in [0.29, 0.717) is 23.7 Å². The Hall–Kier alpha value is -2.82. The van der Waals surface area contributed by atoms with Gasteiger partial charge in [-0.05, 0) is 60.9 Å². The fourth-order valence-corrected chi connectivity index (χ4v) is 4.73. The van der Waals surface area contributed by atoms with E-state index >= 15 is 0 Å². The SMILES string of the molecule is C[C@]1(Cn2cnc3ccc(C#N)cc32)CCCC(CN(O)Cc2ccc(F)cn2)C1. The molecule has 30 heavy (non-hydrogen) atoms. The molecule has 1 unspecified atom stereocenters. The van der Waals surface area contributed by atoms with Gasteiger partial charge in [0, 0.05) is 13.1 Å². The highest BCUT2D eigenvalue weighted by Gasteiger charge is 2.33. The number of hydroxylamine groups is 2. The van der Waals surface area contributed by atoms with Crippen LogP contribution in [0.1, 0.15) is 43.9 Å². The molecule has 156 valence electrons. The minimum Gasteiger partial charge on any atom is -0.330 e. The number of halogens is 1. The number of hydrogen-bond acceptors (Lipinski definition) is 5. The van der Waals surface area contributed by atoms with Gasteiger partial charge in [0.1, 0.15) is 5.82 Å². The summed E-state index contributed by atoms with van der Waals surface area (Å²) in [5.74, 6) is -0.00106. The first-order valence-corrected chi connectivity index (χ1v) is 10.3. The molecule has 2 atom stereocenters. The fourth-order valence-electron chi connectivity index (χ4n) is 4.73. The van der Waals surface area contributed by atoms with Gasteiger partial charge < -0.3 is 9.77 Å². The van der Waals surface area contributed by atoms with Crippen LogP contribution in [0.25, 0.3) is 11.0 Å². The summed E-state index contributed by atoms with van der Waals surface area (Å²) in [5, 5.41) is 20.9. The van der Waals surface area contributed by atoms with E-state index in [1.54, 1.807) is 12.1 Å². The molecule has 0 amide bonds. The van der Waals surface area contributed by atoms with Gasteiger partial charge in [-0.25, -0.2) is 9.37 Å². The third-order valence-electron chi connectivity index (χ3n) is 6.08. The lowest BCUT2D eigenvalue weighted by Gasteiger charge is -2.39. The standard InChI is InChI=1S/C23H26FN5O/c1-23(15-28-16-27-21-7-4-17(11-25)9-22(21)28)8-2-3-18(10-23)13-29(30)14-20-6-5-19(24)12-26-20/h4-7,9,12,16,18,30H,2-3,8,10,13-15H2,1H3/t18?,23-/m0/s1. The van der Waals surface area contributed by atoms with Crippen molar-refractivity contribution >= 4 is 11.0 Å². The number of aromatic nitrogens is 3. The summed E-state index contributed by atoms with van der Waals surface area (Å²) in [7, 11) is 0. The Kier molecular flexibility index (Phi) is 5.80. The van der Waals surface area contributed by atoms with Crippen molar-refractivity contribution in [2.45, 2.75) is 45.7 Å². The summed E-state index contributed by atoms with van der Waals surface area (Å²) in [6, 6.07) is 10.8. The van der Waals surface area contributed by atoms with E-state index in [0.717, 1.165) is 43.3 Å². The van der Waals surface area contributed by atoms with E-state index in [1.165, 1.54) is 17.3 Å². The number of nitriles is 1. The Labute approximate surface area is 175 Å². The van der Waals surface area contributed by atoms with Crippen LogP contribution in [0.3, 0.4) is 0 Å². The predicted octanol–water partition coefficient (Wildman–Crippen LogP) is 4.53. The van der Waals surface area contributed by atoms with Gasteiger partial charge >= 0.3 is 0 Å². The zero-order chi connectivity index (χ0) is 21.1. The first-order valence-electron chi connectivity index (χ1n) is 10.3. The maximum atomic E-state index is 13.0. The monoisotopic (exact) mass is 407 g/mol. The molecular formula is C23H26FN5O. The van der Waals surface area contributed by atoms with Gasteiger partial charge in [-0.15, -0.1) is 0 Å². The molecule has 4 rings (SSSR count). The summed E-state index contributed by atoms with van der Waals surface area (Å²) >= 11 is 0. The number of pyridine rings is 1. The third kappa shape index (κ3) is 4.66. The van der Waals surface area contributed by atoms with E-state index in [4.69, 9.17) is 0 Å². The van der Waals surface area contributed by atoms with Crippen molar-refractivity contribution in [3.63, 3.8) is 0 Å². The summed E-state index contributed by atoms with van der Waals surface area (Å²) < 4.78 is 15.2. The van der Waals surface area contributed by atoms with Gasteiger partial charge in [0.25, 0.3) is 0 Å². The molecule has 0 spiro atoms. The van der Waals surface area contributed by atoms with Crippen LogP contribution >= 0.6 is 0 Å². The van der Waals surface area contributed by atoms with Crippen LogP contribution in [-0.2, 0) is 13.1 Å². The van der Waals surface area contributed by atoms with Gasteiger partial charge in [0.05, 0.1) is 47.4 Å². The topological polar surface area (TPSA) is 78.0 Å². The second-order valence-electron chi connectivity index (χ2n) is 8.78. The van der Waals surface area contributed by atoms with Crippen molar-refractivity contribution < 1.29 is 9.60 Å². The molecule has 7 heteroatoms. The summed E-state index contributed by atoms with van der Waals surface area (Å²) in [6.07, 6.45) is 7.34. The lowest BCUT2D eigenvalue weighted by Crippen LogP contribution is -2.35. The number of rotatable bonds is 6. The van der Waals surface area contributed by atoms with Crippen LogP contribution in [-0.4, -0.2) is 31.4 Å². The molecule has 2 heterocycles. The lowest BCUT2D eigenvalue weighted by molar-refractivity contribution is -0.117. The van der Waals surface area contributed by atoms with Crippen LogP contribution in [0.5, 0.6) is 0 Å². The minimum absolute atomic E-state index is 0.0914. The molecule has 1 aliphatic carbocycles. The molecule has 2 aromatic heterocycles. The number of fused-ring (bicyclic) bond motifs is 1. The number of nitrogens with zero attached hydrogens (tertiary/aromatic N) is 5. The van der Waals surface area contributed by atoms with E-state index in [-0.39, 0.29) is 17.8 Å². The molecule has 6 nitrogen and oxygen atoms in total. The second kappa shape index (κ2) is 8.50. The van der Waals surface area contributed by atoms with Crippen molar-refractivity contribution in [3.8, 4) is 6.07 Å².